The van der Waals surface area contributed by atoms with Crippen LogP contribution in [0.25, 0.3) is 0 Å². The van der Waals surface area contributed by atoms with Crippen LogP contribution in [0.5, 0.6) is 0 Å². The van der Waals surface area contributed by atoms with E-state index in [4.69, 9.17) is 5.11 Å². The zero-order valence-electron chi connectivity index (χ0n) is 8.07. The lowest BCUT2D eigenvalue weighted by Gasteiger charge is -2.04. The van der Waals surface area contributed by atoms with E-state index in [0.29, 0.717) is 0 Å². The van der Waals surface area contributed by atoms with Gasteiger partial charge in [-0.15, -0.1) is 0 Å². The molecule has 1 rings (SSSR count). The van der Waals surface area contributed by atoms with Crippen LogP contribution in [0.15, 0.2) is 12.1 Å². The fraction of sp³-hybridized carbons (Fsp3) is 0.200. The van der Waals surface area contributed by atoms with Crippen LogP contribution in [0, 0.1) is 11.6 Å². The van der Waals surface area contributed by atoms with Crippen molar-refractivity contribution in [2.75, 3.05) is 6.61 Å². The number of benzene rings is 1. The highest BCUT2D eigenvalue weighted by Crippen LogP contribution is 2.14. The van der Waals surface area contributed by atoms with E-state index in [0.717, 1.165) is 12.1 Å². The first-order valence-electron chi connectivity index (χ1n) is 4.33. The maximum Gasteiger partial charge on any atom is 0.505 e. The summed E-state index contributed by atoms with van der Waals surface area (Å²) < 4.78 is 30.3. The molecule has 0 radical (unpaired) electrons. The van der Waals surface area contributed by atoms with Gasteiger partial charge in [0.1, 0.15) is 11.6 Å². The van der Waals surface area contributed by atoms with Gasteiger partial charge in [0.15, 0.2) is 6.29 Å². The minimum atomic E-state index is -1.45. The highest BCUT2D eigenvalue weighted by atomic mass is 19.1. The highest BCUT2D eigenvalue weighted by Gasteiger charge is 2.10. The summed E-state index contributed by atoms with van der Waals surface area (Å²) in [6.07, 6.45) is -1.33. The van der Waals surface area contributed by atoms with Crippen LogP contribution < -0.4 is 0 Å². The Morgan fingerprint density at radius 2 is 1.94 bits per heavy atom. The van der Waals surface area contributed by atoms with Crippen molar-refractivity contribution in [1.82, 2.24) is 0 Å². The molecule has 4 nitrogen and oxygen atoms in total. The van der Waals surface area contributed by atoms with Crippen LogP contribution >= 0.6 is 0 Å². The first-order valence-corrected chi connectivity index (χ1v) is 4.33. The highest BCUT2D eigenvalue weighted by molar-refractivity contribution is 5.75. The van der Waals surface area contributed by atoms with Crippen molar-refractivity contribution < 1.29 is 28.2 Å². The Hall–Kier alpha value is -1.98. The molecule has 0 amide bonds. The Bertz CT molecular complexity index is 394. The van der Waals surface area contributed by atoms with Crippen LogP contribution in [0.2, 0.25) is 0 Å². The van der Waals surface area contributed by atoms with Crippen molar-refractivity contribution in [2.24, 2.45) is 0 Å². The van der Waals surface area contributed by atoms with Gasteiger partial charge in [0.2, 0.25) is 0 Å². The summed E-state index contributed by atoms with van der Waals surface area (Å²) in [5.41, 5.74) is -0.412. The molecule has 0 bridgehead atoms. The fourth-order valence-electron chi connectivity index (χ4n) is 1.15. The Morgan fingerprint density at radius 3 is 2.38 bits per heavy atom. The maximum atomic E-state index is 13.1. The van der Waals surface area contributed by atoms with Gasteiger partial charge in [-0.1, -0.05) is 0 Å². The predicted molar refractivity (Wildman–Crippen MR) is 49.4 cm³/mol. The molecule has 0 aromatic heterocycles. The summed E-state index contributed by atoms with van der Waals surface area (Å²) in [5, 5.41) is 8.17. The third kappa shape index (κ3) is 3.01. The number of carbonyl (C=O) groups excluding carboxylic acids is 1. The third-order valence-electron chi connectivity index (χ3n) is 1.87. The number of ether oxygens (including phenoxy) is 1. The zero-order chi connectivity index (χ0) is 12.1. The van der Waals surface area contributed by atoms with Crippen LogP contribution in [0.1, 0.15) is 15.9 Å². The monoisotopic (exact) mass is 230 g/mol. The molecule has 1 N–H and O–H groups in total. The topological polar surface area (TPSA) is 63.6 Å². The first-order chi connectivity index (χ1) is 7.54. The summed E-state index contributed by atoms with van der Waals surface area (Å²) in [7, 11) is 0. The van der Waals surface area contributed by atoms with Crippen molar-refractivity contribution in [2.45, 2.75) is 6.42 Å². The van der Waals surface area contributed by atoms with Gasteiger partial charge in [-0.3, -0.25) is 4.79 Å². The average molecular weight is 230 g/mol. The molecule has 0 saturated carbocycles. The summed E-state index contributed by atoms with van der Waals surface area (Å²) in [5.74, 6) is -1.94. The lowest BCUT2D eigenvalue weighted by Crippen LogP contribution is -2.05. The van der Waals surface area contributed by atoms with E-state index in [9.17, 15) is 18.4 Å². The lowest BCUT2D eigenvalue weighted by molar-refractivity contribution is 0.0927. The number of hydrogen-bond donors (Lipinski definition) is 1. The molecule has 1 aromatic rings. The van der Waals surface area contributed by atoms with E-state index in [1.54, 1.807) is 0 Å². The van der Waals surface area contributed by atoms with Crippen molar-refractivity contribution >= 4 is 12.4 Å². The maximum absolute atomic E-state index is 13.1. The van der Waals surface area contributed by atoms with E-state index in [-0.39, 0.29) is 24.9 Å². The molecule has 6 heteroatoms. The van der Waals surface area contributed by atoms with Gasteiger partial charge in [0.25, 0.3) is 0 Å². The first kappa shape index (κ1) is 12.1. The van der Waals surface area contributed by atoms with Gasteiger partial charge < -0.3 is 9.84 Å². The second-order valence-corrected chi connectivity index (χ2v) is 2.96. The summed E-state index contributed by atoms with van der Waals surface area (Å²) in [6, 6.07) is 1.94. The van der Waals surface area contributed by atoms with E-state index < -0.39 is 23.4 Å². The molecule has 0 atom stereocenters. The van der Waals surface area contributed by atoms with Crippen LogP contribution in [-0.4, -0.2) is 24.2 Å². The molecular formula is C10H8F2O4. The molecule has 1 aromatic carbocycles. The quantitative estimate of drug-likeness (QED) is 0.634. The standard InChI is InChI=1S/C10H8F2O4/c11-8-3-6(1-2-16-10(14)15)4-9(12)7(8)5-13/h3-5H,1-2H2,(H,14,15). The average Bonchev–Trinajstić information content (AvgIpc) is 2.16. The van der Waals surface area contributed by atoms with Crippen LogP contribution in [0.3, 0.4) is 0 Å². The van der Waals surface area contributed by atoms with Gasteiger partial charge in [0, 0.05) is 6.42 Å². The molecule has 0 spiro atoms. The normalized spacial score (nSPS) is 9.88. The van der Waals surface area contributed by atoms with Crippen LogP contribution in [0.4, 0.5) is 13.6 Å². The smallest absolute Gasteiger partial charge is 0.450 e. The lowest BCUT2D eigenvalue weighted by atomic mass is 10.1. The zero-order valence-corrected chi connectivity index (χ0v) is 8.07. The number of rotatable bonds is 4. The van der Waals surface area contributed by atoms with Gasteiger partial charge in [-0.05, 0) is 17.7 Å². The summed E-state index contributed by atoms with van der Waals surface area (Å²) >= 11 is 0. The molecule has 0 unspecified atom stereocenters. The molecule has 0 saturated heterocycles. The Balaban J connectivity index is 2.75. The number of carboxylic acid groups (broad SMARTS) is 1. The van der Waals surface area contributed by atoms with Crippen molar-refractivity contribution in [1.29, 1.82) is 0 Å². The fourth-order valence-corrected chi connectivity index (χ4v) is 1.15. The van der Waals surface area contributed by atoms with E-state index in [2.05, 4.69) is 4.74 Å². The molecule has 0 aliphatic rings. The van der Waals surface area contributed by atoms with Crippen molar-refractivity contribution in [3.63, 3.8) is 0 Å². The Morgan fingerprint density at radius 1 is 1.38 bits per heavy atom. The van der Waals surface area contributed by atoms with Gasteiger partial charge in [-0.2, -0.15) is 0 Å². The van der Waals surface area contributed by atoms with Crippen molar-refractivity contribution in [3.8, 4) is 0 Å². The SMILES string of the molecule is O=Cc1c(F)cc(CCOC(=O)O)cc1F. The Kier molecular flexibility index (Phi) is 3.93. The second-order valence-electron chi connectivity index (χ2n) is 2.96. The summed E-state index contributed by atoms with van der Waals surface area (Å²) in [4.78, 5) is 20.3. The van der Waals surface area contributed by atoms with Gasteiger partial charge in [-0.25, -0.2) is 13.6 Å². The molecule has 0 aliphatic heterocycles. The van der Waals surface area contributed by atoms with E-state index >= 15 is 0 Å². The molecule has 0 aliphatic carbocycles. The third-order valence-corrected chi connectivity index (χ3v) is 1.87. The predicted octanol–water partition coefficient (Wildman–Crippen LogP) is 2.01. The molecule has 86 valence electrons. The molecular weight excluding hydrogens is 222 g/mol. The van der Waals surface area contributed by atoms with Gasteiger partial charge >= 0.3 is 6.16 Å². The van der Waals surface area contributed by atoms with E-state index in [1.807, 2.05) is 0 Å². The number of halogens is 2. The van der Waals surface area contributed by atoms with Crippen LogP contribution in [-0.2, 0) is 11.2 Å². The minimum absolute atomic E-state index is 0.0409. The molecule has 16 heavy (non-hydrogen) atoms. The number of hydrogen-bond acceptors (Lipinski definition) is 3. The summed E-state index contributed by atoms with van der Waals surface area (Å²) in [6.45, 7) is -0.200. The minimum Gasteiger partial charge on any atom is -0.450 e. The van der Waals surface area contributed by atoms with Gasteiger partial charge in [0.05, 0.1) is 12.2 Å². The number of aldehydes is 1. The second kappa shape index (κ2) is 5.20. The van der Waals surface area contributed by atoms with Crippen molar-refractivity contribution in [3.05, 3.63) is 34.9 Å². The number of carbonyl (C=O) groups is 2. The molecule has 0 heterocycles. The van der Waals surface area contributed by atoms with E-state index in [1.165, 1.54) is 0 Å². The largest absolute Gasteiger partial charge is 0.505 e. The molecule has 0 fully saturated rings. The Labute approximate surface area is 89.5 Å².